The van der Waals surface area contributed by atoms with Crippen molar-refractivity contribution in [1.29, 1.82) is 0 Å². The molecule has 1 unspecified atom stereocenters. The molecule has 0 bridgehead atoms. The minimum Gasteiger partial charge on any atom is -0.374 e. The van der Waals surface area contributed by atoms with Gasteiger partial charge in [0.1, 0.15) is 29.9 Å². The number of rotatable bonds is 4. The average Bonchev–Trinajstić information content (AvgIpc) is 3.28. The molecular weight excluding hydrogens is 470 g/mol. The first kappa shape index (κ1) is 21.9. The molecule has 5 rings (SSSR count). The number of nitrogens with zero attached hydrogens (tertiary/aromatic N) is 4. The number of hydrogen-bond acceptors (Lipinski definition) is 5. The zero-order chi connectivity index (χ0) is 23.1. The van der Waals surface area contributed by atoms with Crippen LogP contribution >= 0.6 is 23.2 Å². The molecule has 0 radical (unpaired) electrons. The third-order valence-corrected chi connectivity index (χ3v) is 6.72. The number of aromatic amines is 1. The van der Waals surface area contributed by atoms with Crippen molar-refractivity contribution in [2.75, 3.05) is 23.3 Å². The summed E-state index contributed by atoms with van der Waals surface area (Å²) in [4.78, 5) is 41.7. The lowest BCUT2D eigenvalue weighted by molar-refractivity contribution is -0.143. The van der Waals surface area contributed by atoms with Gasteiger partial charge in [-0.1, -0.05) is 23.2 Å². The van der Waals surface area contributed by atoms with E-state index >= 15 is 0 Å². The third kappa shape index (κ3) is 4.00. The van der Waals surface area contributed by atoms with E-state index in [-0.39, 0.29) is 21.9 Å². The maximum atomic E-state index is 13.7. The highest BCUT2D eigenvalue weighted by Gasteiger charge is 2.41. The molecule has 0 saturated carbocycles. The van der Waals surface area contributed by atoms with Gasteiger partial charge in [-0.3, -0.25) is 14.5 Å². The maximum absolute atomic E-state index is 13.7. The Morgan fingerprint density at radius 1 is 1.06 bits per heavy atom. The Morgan fingerprint density at radius 2 is 1.82 bits per heavy atom. The number of halogens is 3. The van der Waals surface area contributed by atoms with E-state index in [2.05, 4.69) is 20.3 Å². The van der Waals surface area contributed by atoms with E-state index in [4.69, 9.17) is 23.2 Å². The van der Waals surface area contributed by atoms with Crippen LogP contribution in [0.2, 0.25) is 10.0 Å². The second-order valence-electron chi connectivity index (χ2n) is 8.21. The first-order valence-electron chi connectivity index (χ1n) is 10.7. The molecule has 0 spiro atoms. The van der Waals surface area contributed by atoms with E-state index in [0.29, 0.717) is 43.1 Å². The van der Waals surface area contributed by atoms with E-state index in [9.17, 15) is 14.0 Å². The standard InChI is InChI=1S/C22H21Cl2FN6O2/c23-14-9-12(10-15(24)18(14)25)29-16-3-1-7-30(21(16)32)17-4-2-8-31(22(17)33)20-13-5-6-26-19(13)27-11-28-20/h5-6,9-11,16-17,29H,1-4,7-8H2,(H,26,27,28)/t16?,17-/m1/s1. The van der Waals surface area contributed by atoms with Crippen molar-refractivity contribution in [2.24, 2.45) is 0 Å². The maximum Gasteiger partial charge on any atom is 0.250 e. The minimum absolute atomic E-state index is 0.121. The summed E-state index contributed by atoms with van der Waals surface area (Å²) in [6, 6.07) is 3.52. The van der Waals surface area contributed by atoms with Gasteiger partial charge >= 0.3 is 0 Å². The number of H-pyrrole nitrogens is 1. The van der Waals surface area contributed by atoms with Crippen LogP contribution in [0.15, 0.2) is 30.7 Å². The summed E-state index contributed by atoms with van der Waals surface area (Å²) >= 11 is 11.8. The predicted octanol–water partition coefficient (Wildman–Crippen LogP) is 4.00. The largest absolute Gasteiger partial charge is 0.374 e. The first-order valence-corrected chi connectivity index (χ1v) is 11.5. The summed E-state index contributed by atoms with van der Waals surface area (Å²) in [7, 11) is 0. The fraction of sp³-hybridized carbons (Fsp3) is 0.364. The van der Waals surface area contributed by atoms with E-state index < -0.39 is 17.9 Å². The Bertz CT molecular complexity index is 1210. The van der Waals surface area contributed by atoms with Crippen molar-refractivity contribution in [3.8, 4) is 0 Å². The quantitative estimate of drug-likeness (QED) is 0.539. The summed E-state index contributed by atoms with van der Waals surface area (Å²) in [6.07, 6.45) is 5.83. The number of nitrogens with one attached hydrogen (secondary N) is 2. The molecule has 33 heavy (non-hydrogen) atoms. The van der Waals surface area contributed by atoms with Crippen molar-refractivity contribution in [1.82, 2.24) is 19.9 Å². The van der Waals surface area contributed by atoms with Crippen LogP contribution in [-0.4, -0.2) is 56.8 Å². The molecule has 11 heteroatoms. The van der Waals surface area contributed by atoms with Crippen LogP contribution in [-0.2, 0) is 9.59 Å². The summed E-state index contributed by atoms with van der Waals surface area (Å²) in [5.74, 6) is -0.475. The van der Waals surface area contributed by atoms with E-state index in [1.54, 1.807) is 16.0 Å². The van der Waals surface area contributed by atoms with Gasteiger partial charge in [0.15, 0.2) is 5.82 Å². The highest BCUT2D eigenvalue weighted by Crippen LogP contribution is 2.31. The fourth-order valence-corrected chi connectivity index (χ4v) is 5.10. The van der Waals surface area contributed by atoms with Crippen molar-refractivity contribution < 1.29 is 14.0 Å². The van der Waals surface area contributed by atoms with E-state index in [1.807, 2.05) is 6.07 Å². The van der Waals surface area contributed by atoms with E-state index in [0.717, 1.165) is 18.2 Å². The summed E-state index contributed by atoms with van der Waals surface area (Å²) in [5.41, 5.74) is 1.11. The van der Waals surface area contributed by atoms with Crippen LogP contribution in [0, 0.1) is 5.82 Å². The second kappa shape index (κ2) is 8.79. The third-order valence-electron chi connectivity index (χ3n) is 6.17. The molecular formula is C22H21Cl2FN6O2. The number of anilines is 2. The van der Waals surface area contributed by atoms with Gasteiger partial charge in [-0.05, 0) is 43.9 Å². The van der Waals surface area contributed by atoms with Crippen LogP contribution in [0.5, 0.6) is 0 Å². The number of aromatic nitrogens is 3. The average molecular weight is 491 g/mol. The Hall–Kier alpha value is -2.91. The molecule has 8 nitrogen and oxygen atoms in total. The van der Waals surface area contributed by atoms with Crippen LogP contribution < -0.4 is 10.2 Å². The highest BCUT2D eigenvalue weighted by atomic mass is 35.5. The second-order valence-corrected chi connectivity index (χ2v) is 9.02. The number of benzene rings is 1. The highest BCUT2D eigenvalue weighted by molar-refractivity contribution is 6.35. The molecule has 2 fully saturated rings. The molecule has 2 saturated heterocycles. The Labute approximate surface area is 199 Å². The van der Waals surface area contributed by atoms with Gasteiger partial charge < -0.3 is 15.2 Å². The Morgan fingerprint density at radius 3 is 2.61 bits per heavy atom. The number of hydrogen-bond donors (Lipinski definition) is 2. The zero-order valence-electron chi connectivity index (χ0n) is 17.5. The topological polar surface area (TPSA) is 94.2 Å². The lowest BCUT2D eigenvalue weighted by Crippen LogP contribution is -2.59. The molecule has 2 aliphatic rings. The van der Waals surface area contributed by atoms with Crippen LogP contribution in [0.3, 0.4) is 0 Å². The summed E-state index contributed by atoms with van der Waals surface area (Å²) in [6.45, 7) is 1.03. The van der Waals surface area contributed by atoms with Gasteiger partial charge in [0.2, 0.25) is 5.91 Å². The molecule has 2 atom stereocenters. The smallest absolute Gasteiger partial charge is 0.250 e. The number of likely N-dealkylation sites (tertiary alicyclic amines) is 1. The molecule has 4 heterocycles. The van der Waals surface area contributed by atoms with Crippen molar-refractivity contribution in [3.63, 3.8) is 0 Å². The number of carbonyl (C=O) groups excluding carboxylic acids is 2. The number of amides is 2. The van der Waals surface area contributed by atoms with E-state index in [1.165, 1.54) is 18.5 Å². The molecule has 3 aromatic rings. The SMILES string of the molecule is O=C1[C@H](N2CCCC(Nc3cc(Cl)c(F)c(Cl)c3)C2=O)CCCN1c1ncnc2[nH]ccc12. The zero-order valence-corrected chi connectivity index (χ0v) is 19.0. The van der Waals surface area contributed by atoms with Gasteiger partial charge in [-0.2, -0.15) is 0 Å². The van der Waals surface area contributed by atoms with Gasteiger partial charge in [0.05, 0.1) is 15.4 Å². The molecule has 2 aliphatic heterocycles. The monoisotopic (exact) mass is 490 g/mol. The van der Waals surface area contributed by atoms with Crippen molar-refractivity contribution >= 4 is 57.6 Å². The van der Waals surface area contributed by atoms with Crippen LogP contribution in [0.1, 0.15) is 25.7 Å². The summed E-state index contributed by atoms with van der Waals surface area (Å²) < 4.78 is 13.7. The Kier molecular flexibility index (Phi) is 5.84. The number of fused-ring (bicyclic) bond motifs is 1. The van der Waals surface area contributed by atoms with Gasteiger partial charge in [-0.25, -0.2) is 14.4 Å². The molecule has 0 aliphatic carbocycles. The summed E-state index contributed by atoms with van der Waals surface area (Å²) in [5, 5.41) is 3.63. The normalized spacial score (nSPS) is 21.7. The molecule has 172 valence electrons. The minimum atomic E-state index is -0.699. The van der Waals surface area contributed by atoms with Gasteiger partial charge in [-0.15, -0.1) is 0 Å². The van der Waals surface area contributed by atoms with Crippen molar-refractivity contribution in [3.05, 3.63) is 46.6 Å². The van der Waals surface area contributed by atoms with Crippen LogP contribution in [0.4, 0.5) is 15.9 Å². The van der Waals surface area contributed by atoms with Gasteiger partial charge in [0, 0.05) is 25.0 Å². The predicted molar refractivity (Wildman–Crippen MR) is 124 cm³/mol. The lowest BCUT2D eigenvalue weighted by Gasteiger charge is -2.41. The molecule has 2 N–H and O–H groups in total. The lowest BCUT2D eigenvalue weighted by atomic mass is 9.97. The van der Waals surface area contributed by atoms with Gasteiger partial charge in [0.25, 0.3) is 5.91 Å². The Balaban J connectivity index is 1.36. The molecule has 2 aromatic heterocycles. The number of carbonyl (C=O) groups is 2. The first-order chi connectivity index (χ1) is 15.9. The molecule has 2 amide bonds. The van der Waals surface area contributed by atoms with Crippen LogP contribution in [0.25, 0.3) is 11.0 Å². The van der Waals surface area contributed by atoms with Crippen molar-refractivity contribution in [2.45, 2.75) is 37.8 Å². The number of piperidine rings is 2. The fourth-order valence-electron chi connectivity index (χ4n) is 4.61. The molecule has 1 aromatic carbocycles.